The Morgan fingerprint density at radius 1 is 1.57 bits per heavy atom. The molecule has 0 spiro atoms. The van der Waals surface area contributed by atoms with Crippen molar-refractivity contribution in [1.29, 1.82) is 0 Å². The molecule has 2 rings (SSSR count). The predicted molar refractivity (Wildman–Crippen MR) is 58.2 cm³/mol. The third kappa shape index (κ3) is 2.16. The number of nitrogens with zero attached hydrogens (tertiary/aromatic N) is 2. The van der Waals surface area contributed by atoms with Crippen molar-refractivity contribution >= 4 is 0 Å². The first-order valence-electron chi connectivity index (χ1n) is 5.31. The molecule has 1 aliphatic heterocycles. The van der Waals surface area contributed by atoms with Gasteiger partial charge in [0.25, 0.3) is 0 Å². The molecule has 0 unspecified atom stereocenters. The fourth-order valence-corrected chi connectivity index (χ4v) is 2.05. The van der Waals surface area contributed by atoms with Gasteiger partial charge in [-0.1, -0.05) is 0 Å². The Bertz CT molecular complexity index is 292. The third-order valence-electron chi connectivity index (χ3n) is 2.89. The maximum absolute atomic E-state index is 3.46. The van der Waals surface area contributed by atoms with Crippen LogP contribution in [0.5, 0.6) is 0 Å². The van der Waals surface area contributed by atoms with E-state index in [-0.39, 0.29) is 0 Å². The first-order valence-corrected chi connectivity index (χ1v) is 5.31. The lowest BCUT2D eigenvalue weighted by molar-refractivity contribution is 0.196. The van der Waals surface area contributed by atoms with Crippen LogP contribution < -0.4 is 5.32 Å². The van der Waals surface area contributed by atoms with Crippen LogP contribution in [0.25, 0.3) is 0 Å². The molecule has 14 heavy (non-hydrogen) atoms. The second-order valence-electron chi connectivity index (χ2n) is 4.20. The van der Waals surface area contributed by atoms with Gasteiger partial charge >= 0.3 is 0 Å². The predicted octanol–water partition coefficient (Wildman–Crippen LogP) is 0.819. The van der Waals surface area contributed by atoms with Crippen LogP contribution in [-0.2, 0) is 13.6 Å². The van der Waals surface area contributed by atoms with E-state index in [0.29, 0.717) is 6.04 Å². The first-order chi connectivity index (χ1) is 6.75. The summed E-state index contributed by atoms with van der Waals surface area (Å²) in [7, 11) is 2.11. The summed E-state index contributed by atoms with van der Waals surface area (Å²) in [5.41, 5.74) is 1.40. The third-order valence-corrected chi connectivity index (χ3v) is 2.89. The summed E-state index contributed by atoms with van der Waals surface area (Å²) in [5.74, 6) is 0. The molecule has 0 amide bonds. The van der Waals surface area contributed by atoms with Crippen LogP contribution in [0.1, 0.15) is 12.6 Å². The van der Waals surface area contributed by atoms with E-state index in [2.05, 4.69) is 47.1 Å². The van der Waals surface area contributed by atoms with Crippen LogP contribution in [0.15, 0.2) is 18.3 Å². The lowest BCUT2D eigenvalue weighted by atomic mass is 10.2. The zero-order valence-corrected chi connectivity index (χ0v) is 9.03. The van der Waals surface area contributed by atoms with Gasteiger partial charge in [0.05, 0.1) is 0 Å². The number of piperazine rings is 1. The average molecular weight is 193 g/mol. The number of aromatic nitrogens is 1. The quantitative estimate of drug-likeness (QED) is 0.750. The standard InChI is InChI=1S/C11H19N3/c1-10-8-14(7-5-12-10)9-11-4-3-6-13(11)2/h3-4,6,10,12H,5,7-9H2,1-2H3/t10-/m0/s1. The van der Waals surface area contributed by atoms with E-state index >= 15 is 0 Å². The Morgan fingerprint density at radius 2 is 2.43 bits per heavy atom. The van der Waals surface area contributed by atoms with E-state index in [1.165, 1.54) is 5.69 Å². The highest BCUT2D eigenvalue weighted by molar-refractivity contribution is 5.06. The molecule has 1 aromatic heterocycles. The molecule has 1 aliphatic rings. The van der Waals surface area contributed by atoms with E-state index in [1.807, 2.05) is 0 Å². The fraction of sp³-hybridized carbons (Fsp3) is 0.636. The van der Waals surface area contributed by atoms with Crippen LogP contribution in [0, 0.1) is 0 Å². The summed E-state index contributed by atoms with van der Waals surface area (Å²) in [6.45, 7) is 6.76. The number of hydrogen-bond donors (Lipinski definition) is 1. The second-order valence-corrected chi connectivity index (χ2v) is 4.20. The Balaban J connectivity index is 1.94. The topological polar surface area (TPSA) is 20.2 Å². The van der Waals surface area contributed by atoms with Gasteiger partial charge in [-0.2, -0.15) is 0 Å². The van der Waals surface area contributed by atoms with Crippen molar-refractivity contribution in [2.24, 2.45) is 7.05 Å². The zero-order valence-electron chi connectivity index (χ0n) is 9.03. The molecule has 1 atom stereocenters. The van der Waals surface area contributed by atoms with Gasteiger partial charge < -0.3 is 9.88 Å². The average Bonchev–Trinajstić information content (AvgIpc) is 2.52. The molecule has 2 heterocycles. The highest BCUT2D eigenvalue weighted by Gasteiger charge is 2.15. The normalized spacial score (nSPS) is 24.0. The Morgan fingerprint density at radius 3 is 3.07 bits per heavy atom. The molecule has 0 radical (unpaired) electrons. The molecule has 3 heteroatoms. The van der Waals surface area contributed by atoms with Gasteiger partial charge in [-0.3, -0.25) is 4.90 Å². The van der Waals surface area contributed by atoms with Crippen molar-refractivity contribution in [1.82, 2.24) is 14.8 Å². The molecule has 78 valence electrons. The van der Waals surface area contributed by atoms with Crippen molar-refractivity contribution in [3.63, 3.8) is 0 Å². The van der Waals surface area contributed by atoms with Crippen molar-refractivity contribution in [3.8, 4) is 0 Å². The molecule has 1 fully saturated rings. The van der Waals surface area contributed by atoms with Gasteiger partial charge in [-0.15, -0.1) is 0 Å². The number of hydrogen-bond acceptors (Lipinski definition) is 2. The molecule has 0 saturated carbocycles. The van der Waals surface area contributed by atoms with Crippen molar-refractivity contribution in [2.45, 2.75) is 19.5 Å². The van der Waals surface area contributed by atoms with Gasteiger partial charge in [0.15, 0.2) is 0 Å². The van der Waals surface area contributed by atoms with E-state index in [1.54, 1.807) is 0 Å². The highest BCUT2D eigenvalue weighted by Crippen LogP contribution is 2.07. The zero-order chi connectivity index (χ0) is 9.97. The van der Waals surface area contributed by atoms with Gasteiger partial charge in [0.1, 0.15) is 0 Å². The summed E-state index contributed by atoms with van der Waals surface area (Å²) >= 11 is 0. The number of nitrogens with one attached hydrogen (secondary N) is 1. The van der Waals surface area contributed by atoms with Crippen LogP contribution in [0.2, 0.25) is 0 Å². The van der Waals surface area contributed by atoms with Crippen LogP contribution in [-0.4, -0.2) is 35.1 Å². The summed E-state index contributed by atoms with van der Waals surface area (Å²) in [6, 6.07) is 4.94. The monoisotopic (exact) mass is 193 g/mol. The maximum Gasteiger partial charge on any atom is 0.0388 e. The summed E-state index contributed by atoms with van der Waals surface area (Å²) in [4.78, 5) is 2.51. The first kappa shape index (κ1) is 9.74. The number of rotatable bonds is 2. The molecule has 1 N–H and O–H groups in total. The summed E-state index contributed by atoms with van der Waals surface area (Å²) in [6.07, 6.45) is 2.11. The van der Waals surface area contributed by atoms with Gasteiger partial charge in [-0.05, 0) is 19.1 Å². The minimum atomic E-state index is 0.629. The van der Waals surface area contributed by atoms with E-state index in [4.69, 9.17) is 0 Å². The summed E-state index contributed by atoms with van der Waals surface area (Å²) < 4.78 is 2.20. The van der Waals surface area contributed by atoms with E-state index in [9.17, 15) is 0 Å². The number of aryl methyl sites for hydroxylation is 1. The van der Waals surface area contributed by atoms with Crippen LogP contribution in [0.4, 0.5) is 0 Å². The van der Waals surface area contributed by atoms with Crippen LogP contribution >= 0.6 is 0 Å². The van der Waals surface area contributed by atoms with Gasteiger partial charge in [0, 0.05) is 51.2 Å². The molecule has 0 bridgehead atoms. The SMILES string of the molecule is C[C@H]1CN(Cc2cccn2C)CCN1. The Labute approximate surface area is 85.7 Å². The lowest BCUT2D eigenvalue weighted by Gasteiger charge is -2.31. The molecule has 0 aliphatic carbocycles. The minimum absolute atomic E-state index is 0.629. The highest BCUT2D eigenvalue weighted by atomic mass is 15.2. The lowest BCUT2D eigenvalue weighted by Crippen LogP contribution is -2.48. The molecule has 1 aromatic rings. The van der Waals surface area contributed by atoms with Gasteiger partial charge in [0.2, 0.25) is 0 Å². The van der Waals surface area contributed by atoms with Crippen molar-refractivity contribution in [3.05, 3.63) is 24.0 Å². The second kappa shape index (κ2) is 4.15. The fourth-order valence-electron chi connectivity index (χ4n) is 2.05. The van der Waals surface area contributed by atoms with E-state index < -0.39 is 0 Å². The van der Waals surface area contributed by atoms with Crippen LogP contribution in [0.3, 0.4) is 0 Å². The Kier molecular flexibility index (Phi) is 2.89. The van der Waals surface area contributed by atoms with E-state index in [0.717, 1.165) is 26.2 Å². The molecule has 0 aromatic carbocycles. The molecule has 1 saturated heterocycles. The molecular weight excluding hydrogens is 174 g/mol. The largest absolute Gasteiger partial charge is 0.353 e. The smallest absolute Gasteiger partial charge is 0.0388 e. The van der Waals surface area contributed by atoms with Gasteiger partial charge in [-0.25, -0.2) is 0 Å². The van der Waals surface area contributed by atoms with Crippen molar-refractivity contribution < 1.29 is 0 Å². The summed E-state index contributed by atoms with van der Waals surface area (Å²) in [5, 5.41) is 3.46. The molecular formula is C11H19N3. The molecule has 3 nitrogen and oxygen atoms in total. The Hall–Kier alpha value is -0.800. The maximum atomic E-state index is 3.46. The van der Waals surface area contributed by atoms with Crippen molar-refractivity contribution in [2.75, 3.05) is 19.6 Å². The minimum Gasteiger partial charge on any atom is -0.353 e.